The predicted molar refractivity (Wildman–Crippen MR) is 90.2 cm³/mol. The summed E-state index contributed by atoms with van der Waals surface area (Å²) in [6.07, 6.45) is 3.55. The average molecular weight is 352 g/mol. The van der Waals surface area contributed by atoms with Crippen LogP contribution >= 0.6 is 12.4 Å². The first-order valence-electron chi connectivity index (χ1n) is 7.31. The lowest BCUT2D eigenvalue weighted by Crippen LogP contribution is -2.49. The van der Waals surface area contributed by atoms with Crippen LogP contribution in [0.5, 0.6) is 0 Å². The molecule has 1 aromatic carbocycles. The van der Waals surface area contributed by atoms with Crippen molar-refractivity contribution in [2.45, 2.75) is 6.04 Å². The van der Waals surface area contributed by atoms with Gasteiger partial charge in [0, 0.05) is 56.8 Å². The van der Waals surface area contributed by atoms with E-state index >= 15 is 0 Å². The van der Waals surface area contributed by atoms with Crippen LogP contribution in [0.15, 0.2) is 36.7 Å². The third kappa shape index (κ3) is 3.39. The molecular weight excluding hydrogens is 334 g/mol. The first kappa shape index (κ1) is 17.9. The van der Waals surface area contributed by atoms with Crippen LogP contribution in [0.2, 0.25) is 0 Å². The lowest BCUT2D eigenvalue weighted by atomic mass is 10.1. The first-order valence-corrected chi connectivity index (χ1v) is 7.31. The Bertz CT molecular complexity index is 731. The number of amides is 1. The number of halogens is 1. The summed E-state index contributed by atoms with van der Waals surface area (Å²) in [6, 6.07) is 5.54. The second kappa shape index (κ2) is 7.41. The van der Waals surface area contributed by atoms with Gasteiger partial charge in [0.2, 0.25) is 0 Å². The molecule has 1 saturated heterocycles. The van der Waals surface area contributed by atoms with Gasteiger partial charge in [0.25, 0.3) is 11.6 Å². The second-order valence-corrected chi connectivity index (χ2v) is 5.42. The molecule has 0 saturated carbocycles. The fraction of sp³-hybridized carbons (Fsp3) is 0.333. The number of aromatic nitrogens is 2. The lowest BCUT2D eigenvalue weighted by molar-refractivity contribution is -0.384. The smallest absolute Gasteiger partial charge is 0.269 e. The highest BCUT2D eigenvalue weighted by Gasteiger charge is 2.31. The zero-order valence-corrected chi connectivity index (χ0v) is 13.9. The molecule has 1 aliphatic rings. The minimum atomic E-state index is -0.476. The van der Waals surface area contributed by atoms with Crippen LogP contribution in [0, 0.1) is 10.1 Å². The van der Waals surface area contributed by atoms with Crippen molar-refractivity contribution in [1.82, 2.24) is 19.8 Å². The lowest BCUT2D eigenvalue weighted by Gasteiger charge is -2.35. The van der Waals surface area contributed by atoms with Crippen LogP contribution in [0.25, 0.3) is 0 Å². The quantitative estimate of drug-likeness (QED) is 0.668. The summed E-state index contributed by atoms with van der Waals surface area (Å²) >= 11 is 0. The number of carbonyl (C=O) groups is 1. The normalized spacial score (nSPS) is 17.2. The second-order valence-electron chi connectivity index (χ2n) is 5.42. The first-order chi connectivity index (χ1) is 11.1. The van der Waals surface area contributed by atoms with Crippen molar-refractivity contribution in [3.63, 3.8) is 0 Å². The largest absolute Gasteiger partial charge is 0.336 e. The van der Waals surface area contributed by atoms with Crippen LogP contribution in [0.1, 0.15) is 22.2 Å². The van der Waals surface area contributed by atoms with Gasteiger partial charge < -0.3 is 14.8 Å². The van der Waals surface area contributed by atoms with Gasteiger partial charge in [-0.05, 0) is 12.1 Å². The standard InChI is InChI=1S/C15H17N5O3.ClH/c1-18-8-7-17-14(18)13-10-16-6-9-19(13)15(21)11-2-4-12(5-3-11)20(22)23;/h2-5,7-8,13,16H,6,9-10H2,1H3;1H. The molecule has 1 atom stereocenters. The van der Waals surface area contributed by atoms with Gasteiger partial charge in [-0.25, -0.2) is 4.98 Å². The molecule has 128 valence electrons. The molecule has 1 unspecified atom stereocenters. The molecule has 1 aromatic heterocycles. The molecule has 1 aliphatic heterocycles. The zero-order valence-electron chi connectivity index (χ0n) is 13.1. The summed E-state index contributed by atoms with van der Waals surface area (Å²) in [5.74, 6) is 0.668. The summed E-state index contributed by atoms with van der Waals surface area (Å²) in [7, 11) is 1.89. The molecule has 1 fully saturated rings. The van der Waals surface area contributed by atoms with Gasteiger partial charge >= 0.3 is 0 Å². The van der Waals surface area contributed by atoms with Gasteiger partial charge in [-0.1, -0.05) is 0 Å². The Balaban J connectivity index is 0.00000208. The van der Waals surface area contributed by atoms with Crippen molar-refractivity contribution in [3.8, 4) is 0 Å². The van der Waals surface area contributed by atoms with Crippen molar-refractivity contribution in [1.29, 1.82) is 0 Å². The summed E-state index contributed by atoms with van der Waals surface area (Å²) in [5.41, 5.74) is 0.416. The number of benzene rings is 1. The molecule has 1 N–H and O–H groups in total. The molecule has 2 aromatic rings. The molecule has 0 radical (unpaired) electrons. The Kier molecular flexibility index (Phi) is 5.53. The molecule has 0 aliphatic carbocycles. The molecule has 0 spiro atoms. The Labute approximate surface area is 145 Å². The molecule has 24 heavy (non-hydrogen) atoms. The van der Waals surface area contributed by atoms with E-state index in [0.29, 0.717) is 25.2 Å². The summed E-state index contributed by atoms with van der Waals surface area (Å²) in [6.45, 7) is 1.90. The van der Waals surface area contributed by atoms with Crippen molar-refractivity contribution in [2.75, 3.05) is 19.6 Å². The van der Waals surface area contributed by atoms with Crippen molar-refractivity contribution in [2.24, 2.45) is 7.05 Å². The van der Waals surface area contributed by atoms with E-state index in [1.54, 1.807) is 11.1 Å². The average Bonchev–Trinajstić information content (AvgIpc) is 3.00. The summed E-state index contributed by atoms with van der Waals surface area (Å²) < 4.78 is 1.90. The molecule has 1 amide bonds. The number of hydrogen-bond donors (Lipinski definition) is 1. The SMILES string of the molecule is Cl.Cn1ccnc1C1CNCCN1C(=O)c1ccc([N+](=O)[O-])cc1. The Morgan fingerprint density at radius 1 is 1.38 bits per heavy atom. The Hall–Kier alpha value is -2.45. The van der Waals surface area contributed by atoms with Crippen LogP contribution in [-0.2, 0) is 7.05 Å². The minimum absolute atomic E-state index is 0. The Morgan fingerprint density at radius 3 is 2.67 bits per heavy atom. The monoisotopic (exact) mass is 351 g/mol. The van der Waals surface area contributed by atoms with Crippen molar-refractivity contribution < 1.29 is 9.72 Å². The van der Waals surface area contributed by atoms with Crippen LogP contribution in [-0.4, -0.2) is 44.9 Å². The number of nitro groups is 1. The summed E-state index contributed by atoms with van der Waals surface area (Å²) in [5, 5.41) is 14.0. The number of rotatable bonds is 3. The van der Waals surface area contributed by atoms with Gasteiger partial charge in [0.15, 0.2) is 0 Å². The number of nitrogens with one attached hydrogen (secondary N) is 1. The number of piperazine rings is 1. The highest BCUT2D eigenvalue weighted by atomic mass is 35.5. The van der Waals surface area contributed by atoms with E-state index in [9.17, 15) is 14.9 Å². The van der Waals surface area contributed by atoms with E-state index in [-0.39, 0.29) is 30.0 Å². The maximum Gasteiger partial charge on any atom is 0.269 e. The van der Waals surface area contributed by atoms with Gasteiger partial charge in [0.05, 0.1) is 4.92 Å². The topological polar surface area (TPSA) is 93.3 Å². The molecule has 9 heteroatoms. The molecule has 2 heterocycles. The highest BCUT2D eigenvalue weighted by Crippen LogP contribution is 2.23. The number of hydrogen-bond acceptors (Lipinski definition) is 5. The summed E-state index contributed by atoms with van der Waals surface area (Å²) in [4.78, 5) is 29.1. The number of non-ortho nitro benzene ring substituents is 1. The maximum absolute atomic E-state index is 12.8. The number of carbonyl (C=O) groups excluding carboxylic acids is 1. The van der Waals surface area contributed by atoms with Crippen LogP contribution in [0.3, 0.4) is 0 Å². The van der Waals surface area contributed by atoms with E-state index in [1.807, 2.05) is 17.8 Å². The van der Waals surface area contributed by atoms with E-state index in [4.69, 9.17) is 0 Å². The number of nitrogens with zero attached hydrogens (tertiary/aromatic N) is 4. The minimum Gasteiger partial charge on any atom is -0.336 e. The predicted octanol–water partition coefficient (Wildman–Crippen LogP) is 1.54. The Morgan fingerprint density at radius 2 is 2.08 bits per heavy atom. The number of aryl methyl sites for hydroxylation is 1. The number of imidazole rings is 1. The third-order valence-corrected chi connectivity index (χ3v) is 3.99. The van der Waals surface area contributed by atoms with Gasteiger partial charge in [-0.3, -0.25) is 14.9 Å². The van der Waals surface area contributed by atoms with Crippen molar-refractivity contribution >= 4 is 24.0 Å². The van der Waals surface area contributed by atoms with Gasteiger partial charge in [-0.2, -0.15) is 0 Å². The molecular formula is C15H18ClN5O3. The number of nitro benzene ring substituents is 1. The van der Waals surface area contributed by atoms with Crippen LogP contribution in [0.4, 0.5) is 5.69 Å². The van der Waals surface area contributed by atoms with E-state index in [1.165, 1.54) is 24.3 Å². The van der Waals surface area contributed by atoms with Gasteiger partial charge in [-0.15, -0.1) is 12.4 Å². The third-order valence-electron chi connectivity index (χ3n) is 3.99. The molecule has 8 nitrogen and oxygen atoms in total. The van der Waals surface area contributed by atoms with Crippen molar-refractivity contribution in [3.05, 3.63) is 58.2 Å². The van der Waals surface area contributed by atoms with E-state index in [2.05, 4.69) is 10.3 Å². The fourth-order valence-corrected chi connectivity index (χ4v) is 2.77. The van der Waals surface area contributed by atoms with Gasteiger partial charge in [0.1, 0.15) is 11.9 Å². The van der Waals surface area contributed by atoms with E-state index < -0.39 is 4.92 Å². The molecule has 0 bridgehead atoms. The maximum atomic E-state index is 12.8. The van der Waals surface area contributed by atoms with Crippen LogP contribution < -0.4 is 5.32 Å². The fourth-order valence-electron chi connectivity index (χ4n) is 2.77. The zero-order chi connectivity index (χ0) is 16.4. The molecule has 3 rings (SSSR count). The highest BCUT2D eigenvalue weighted by molar-refractivity contribution is 5.94. The van der Waals surface area contributed by atoms with E-state index in [0.717, 1.165) is 5.82 Å².